The normalized spacial score (nSPS) is 15.0. The van der Waals surface area contributed by atoms with E-state index in [9.17, 15) is 0 Å². The summed E-state index contributed by atoms with van der Waals surface area (Å²) in [6, 6.07) is 8.19. The zero-order valence-corrected chi connectivity index (χ0v) is 16.3. The molecule has 0 bridgehead atoms. The van der Waals surface area contributed by atoms with Gasteiger partial charge in [0.1, 0.15) is 5.75 Å². The summed E-state index contributed by atoms with van der Waals surface area (Å²) in [5.41, 5.74) is 1.16. The molecule has 1 heterocycles. The van der Waals surface area contributed by atoms with E-state index in [1.54, 1.807) is 7.11 Å². The van der Waals surface area contributed by atoms with Gasteiger partial charge >= 0.3 is 0 Å². The first-order chi connectivity index (χ1) is 10.8. The van der Waals surface area contributed by atoms with E-state index in [2.05, 4.69) is 45.7 Å². The molecular formula is C17H27IN4O. The molecule has 0 spiro atoms. The van der Waals surface area contributed by atoms with E-state index >= 15 is 0 Å². The van der Waals surface area contributed by atoms with Crippen molar-refractivity contribution in [3.05, 3.63) is 36.9 Å². The molecule has 1 N–H and O–H groups in total. The first kappa shape index (κ1) is 19.6. The summed E-state index contributed by atoms with van der Waals surface area (Å²) in [4.78, 5) is 9.23. The Morgan fingerprint density at radius 2 is 2.00 bits per heavy atom. The van der Waals surface area contributed by atoms with Gasteiger partial charge in [-0.25, -0.2) is 4.99 Å². The van der Waals surface area contributed by atoms with Crippen LogP contribution in [0.15, 0.2) is 41.9 Å². The van der Waals surface area contributed by atoms with Crippen molar-refractivity contribution in [2.75, 3.05) is 51.3 Å². The number of para-hydroxylation sites is 2. The Balaban J connectivity index is 0.00000264. The van der Waals surface area contributed by atoms with Crippen molar-refractivity contribution < 1.29 is 4.74 Å². The molecule has 1 fully saturated rings. The van der Waals surface area contributed by atoms with E-state index in [1.165, 1.54) is 0 Å². The van der Waals surface area contributed by atoms with Crippen molar-refractivity contribution >= 4 is 35.6 Å². The monoisotopic (exact) mass is 430 g/mol. The van der Waals surface area contributed by atoms with Crippen molar-refractivity contribution in [3.8, 4) is 5.75 Å². The predicted octanol–water partition coefficient (Wildman–Crippen LogP) is 2.59. The Labute approximate surface area is 156 Å². The zero-order chi connectivity index (χ0) is 15.8. The van der Waals surface area contributed by atoms with Crippen LogP contribution in [0.3, 0.4) is 0 Å². The molecule has 1 saturated heterocycles. The van der Waals surface area contributed by atoms with Gasteiger partial charge in [0.25, 0.3) is 0 Å². The van der Waals surface area contributed by atoms with Crippen LogP contribution in [0, 0.1) is 0 Å². The predicted molar refractivity (Wildman–Crippen MR) is 108 cm³/mol. The van der Waals surface area contributed by atoms with Gasteiger partial charge in [-0.1, -0.05) is 18.2 Å². The quantitative estimate of drug-likeness (QED) is 0.338. The SMILES string of the molecule is C=CCN=C(NCC)N1CCN(c2ccccc2OC)CC1.I. The maximum absolute atomic E-state index is 5.46. The van der Waals surface area contributed by atoms with Gasteiger partial charge in [0.15, 0.2) is 5.96 Å². The molecule has 0 atom stereocenters. The second-order valence-corrected chi connectivity index (χ2v) is 5.13. The summed E-state index contributed by atoms with van der Waals surface area (Å²) in [6.45, 7) is 11.2. The van der Waals surface area contributed by atoms with Crippen LogP contribution in [0.5, 0.6) is 5.75 Å². The number of halogens is 1. The lowest BCUT2D eigenvalue weighted by molar-refractivity contribution is 0.367. The number of benzene rings is 1. The zero-order valence-electron chi connectivity index (χ0n) is 14.0. The molecule has 0 saturated carbocycles. The van der Waals surface area contributed by atoms with Crippen LogP contribution in [0.25, 0.3) is 0 Å². The molecule has 0 unspecified atom stereocenters. The van der Waals surface area contributed by atoms with Gasteiger partial charge in [-0.15, -0.1) is 30.6 Å². The second-order valence-electron chi connectivity index (χ2n) is 5.13. The van der Waals surface area contributed by atoms with Crippen LogP contribution in [0.4, 0.5) is 5.69 Å². The Kier molecular flexibility index (Phi) is 8.83. The van der Waals surface area contributed by atoms with E-state index in [0.29, 0.717) is 6.54 Å². The molecule has 0 aromatic heterocycles. The Hall–Kier alpha value is -1.44. The fraction of sp³-hybridized carbons (Fsp3) is 0.471. The van der Waals surface area contributed by atoms with E-state index in [1.807, 2.05) is 18.2 Å². The molecule has 128 valence electrons. The molecule has 5 nitrogen and oxygen atoms in total. The fourth-order valence-electron chi connectivity index (χ4n) is 2.63. The summed E-state index contributed by atoms with van der Waals surface area (Å²) in [5.74, 6) is 1.91. The van der Waals surface area contributed by atoms with Gasteiger partial charge < -0.3 is 19.9 Å². The molecule has 6 heteroatoms. The standard InChI is InChI=1S/C17H26N4O.HI/c1-4-10-19-17(18-5-2)21-13-11-20(12-14-21)15-8-6-7-9-16(15)22-3;/h4,6-9H,1,5,10-14H2,2-3H3,(H,18,19);1H. The Morgan fingerprint density at radius 1 is 1.30 bits per heavy atom. The lowest BCUT2D eigenvalue weighted by Gasteiger charge is -2.38. The number of hydrogen-bond donors (Lipinski definition) is 1. The topological polar surface area (TPSA) is 40.1 Å². The molecule has 1 aliphatic heterocycles. The largest absolute Gasteiger partial charge is 0.495 e. The molecule has 0 aliphatic carbocycles. The maximum Gasteiger partial charge on any atom is 0.194 e. The molecule has 23 heavy (non-hydrogen) atoms. The average molecular weight is 430 g/mol. The van der Waals surface area contributed by atoms with Gasteiger partial charge in [-0.05, 0) is 19.1 Å². The third-order valence-corrected chi connectivity index (χ3v) is 3.71. The van der Waals surface area contributed by atoms with Gasteiger partial charge in [0.2, 0.25) is 0 Å². The van der Waals surface area contributed by atoms with Gasteiger partial charge in [-0.3, -0.25) is 0 Å². The van der Waals surface area contributed by atoms with Crippen LogP contribution in [-0.4, -0.2) is 57.2 Å². The molecule has 1 aromatic rings. The number of ether oxygens (including phenoxy) is 1. The average Bonchev–Trinajstić information content (AvgIpc) is 2.59. The van der Waals surface area contributed by atoms with Gasteiger partial charge in [0.05, 0.1) is 19.3 Å². The lowest BCUT2D eigenvalue weighted by Crippen LogP contribution is -2.52. The number of hydrogen-bond acceptors (Lipinski definition) is 3. The molecule has 2 rings (SSSR count). The van der Waals surface area contributed by atoms with Crippen molar-refractivity contribution in [1.82, 2.24) is 10.2 Å². The van der Waals surface area contributed by atoms with Gasteiger partial charge in [-0.2, -0.15) is 0 Å². The number of anilines is 1. The summed E-state index contributed by atoms with van der Waals surface area (Å²) < 4.78 is 5.46. The third kappa shape index (κ3) is 5.30. The number of guanidine groups is 1. The molecule has 1 aromatic carbocycles. The maximum atomic E-state index is 5.46. The number of aliphatic imine (C=N–C) groups is 1. The van der Waals surface area contributed by atoms with E-state index in [0.717, 1.165) is 50.1 Å². The fourth-order valence-corrected chi connectivity index (χ4v) is 2.63. The highest BCUT2D eigenvalue weighted by Gasteiger charge is 2.21. The third-order valence-electron chi connectivity index (χ3n) is 3.71. The first-order valence-corrected chi connectivity index (χ1v) is 7.82. The number of nitrogens with one attached hydrogen (secondary N) is 1. The van der Waals surface area contributed by atoms with Gasteiger partial charge in [0, 0.05) is 32.7 Å². The van der Waals surface area contributed by atoms with Crippen LogP contribution < -0.4 is 15.0 Å². The summed E-state index contributed by atoms with van der Waals surface area (Å²) >= 11 is 0. The van der Waals surface area contributed by atoms with Crippen LogP contribution >= 0.6 is 24.0 Å². The number of piperazine rings is 1. The first-order valence-electron chi connectivity index (χ1n) is 7.82. The highest BCUT2D eigenvalue weighted by molar-refractivity contribution is 14.0. The smallest absolute Gasteiger partial charge is 0.194 e. The van der Waals surface area contributed by atoms with Crippen molar-refractivity contribution in [2.24, 2.45) is 4.99 Å². The van der Waals surface area contributed by atoms with Crippen molar-refractivity contribution in [1.29, 1.82) is 0 Å². The van der Waals surface area contributed by atoms with Crippen molar-refractivity contribution in [2.45, 2.75) is 6.92 Å². The summed E-state index contributed by atoms with van der Waals surface area (Å²) in [7, 11) is 1.72. The van der Waals surface area contributed by atoms with Crippen LogP contribution in [0.1, 0.15) is 6.92 Å². The molecule has 1 aliphatic rings. The van der Waals surface area contributed by atoms with E-state index in [-0.39, 0.29) is 24.0 Å². The Bertz CT molecular complexity index is 513. The van der Waals surface area contributed by atoms with E-state index in [4.69, 9.17) is 4.74 Å². The molecule has 0 radical (unpaired) electrons. The minimum Gasteiger partial charge on any atom is -0.495 e. The second kappa shape index (κ2) is 10.4. The molecule has 0 amide bonds. The minimum atomic E-state index is 0. The van der Waals surface area contributed by atoms with Crippen LogP contribution in [0.2, 0.25) is 0 Å². The summed E-state index contributed by atoms with van der Waals surface area (Å²) in [5, 5.41) is 3.35. The summed E-state index contributed by atoms with van der Waals surface area (Å²) in [6.07, 6.45) is 1.82. The highest BCUT2D eigenvalue weighted by atomic mass is 127. The lowest BCUT2D eigenvalue weighted by atomic mass is 10.2. The van der Waals surface area contributed by atoms with E-state index < -0.39 is 0 Å². The molecular weight excluding hydrogens is 403 g/mol. The number of nitrogens with zero attached hydrogens (tertiary/aromatic N) is 3. The van der Waals surface area contributed by atoms with Crippen molar-refractivity contribution in [3.63, 3.8) is 0 Å². The minimum absolute atomic E-state index is 0. The highest BCUT2D eigenvalue weighted by Crippen LogP contribution is 2.28. The number of rotatable bonds is 5. The Morgan fingerprint density at radius 3 is 2.61 bits per heavy atom. The number of methoxy groups -OCH3 is 1. The van der Waals surface area contributed by atoms with Crippen LogP contribution in [-0.2, 0) is 0 Å².